The molecule has 1 nitrogen and oxygen atoms in total. The van der Waals surface area contributed by atoms with E-state index in [4.69, 9.17) is 0 Å². The zero-order valence-electron chi connectivity index (χ0n) is 4.81. The van der Waals surface area contributed by atoms with E-state index in [1.807, 2.05) is 6.92 Å². The molecule has 42 valence electrons. The fourth-order valence-electron chi connectivity index (χ4n) is 0.371. The van der Waals surface area contributed by atoms with Crippen molar-refractivity contribution in [2.24, 2.45) is 5.92 Å². The van der Waals surface area contributed by atoms with E-state index in [0.29, 0.717) is 5.92 Å². The lowest BCUT2D eigenvalue weighted by Gasteiger charge is -2.00. The Morgan fingerprint density at radius 1 is 1.71 bits per heavy atom. The fraction of sp³-hybridized carbons (Fsp3) is 0.833. The van der Waals surface area contributed by atoms with Gasteiger partial charge in [-0.1, -0.05) is 20.3 Å². The maximum atomic E-state index is 9.86. The van der Waals surface area contributed by atoms with Crippen molar-refractivity contribution < 1.29 is 5.11 Å². The average molecular weight is 100 g/mol. The highest BCUT2D eigenvalue weighted by molar-refractivity contribution is 4.55. The monoisotopic (exact) mass is 100 g/mol. The predicted octanol–water partition coefficient (Wildman–Crippen LogP) is 1.67. The molecule has 0 aromatic heterocycles. The van der Waals surface area contributed by atoms with Crippen molar-refractivity contribution in [1.29, 1.82) is 0 Å². The summed E-state index contributed by atoms with van der Waals surface area (Å²) in [6.45, 7) is 5.82. The zero-order valence-corrected chi connectivity index (χ0v) is 4.81. The molecule has 0 saturated carbocycles. The van der Waals surface area contributed by atoms with Crippen LogP contribution in [0.4, 0.5) is 0 Å². The van der Waals surface area contributed by atoms with Gasteiger partial charge in [0.15, 0.2) is 0 Å². The molecule has 0 heterocycles. The first-order valence-electron chi connectivity index (χ1n) is 2.72. The van der Waals surface area contributed by atoms with E-state index in [2.05, 4.69) is 6.92 Å². The van der Waals surface area contributed by atoms with Crippen LogP contribution in [0.1, 0.15) is 19.8 Å². The summed E-state index contributed by atoms with van der Waals surface area (Å²) in [5.74, 6) is 0.387. The van der Waals surface area contributed by atoms with E-state index in [-0.39, 0.29) is 6.61 Å². The highest BCUT2D eigenvalue weighted by Gasteiger charge is 1.94. The Morgan fingerprint density at radius 2 is 2.29 bits per heavy atom. The van der Waals surface area contributed by atoms with Gasteiger partial charge in [-0.3, -0.25) is 0 Å². The minimum absolute atomic E-state index is 0.0298. The molecule has 0 saturated heterocycles. The lowest BCUT2D eigenvalue weighted by molar-refractivity contribution is 0.176. The fourth-order valence-corrected chi connectivity index (χ4v) is 0.371. The summed E-state index contributed by atoms with van der Waals surface area (Å²) in [5.41, 5.74) is 0. The maximum Gasteiger partial charge on any atom is 0.0825 e. The van der Waals surface area contributed by atoms with E-state index < -0.39 is 0 Å². The second kappa shape index (κ2) is 4.13. The normalized spacial score (nSPS) is 14.1. The van der Waals surface area contributed by atoms with Crippen LogP contribution in [0, 0.1) is 12.8 Å². The van der Waals surface area contributed by atoms with Crippen molar-refractivity contribution in [2.75, 3.05) is 6.61 Å². The highest BCUT2D eigenvalue weighted by atomic mass is 16.2. The van der Waals surface area contributed by atoms with Crippen LogP contribution in [0.5, 0.6) is 0 Å². The Bertz CT molecular complexity index is 35.2. The Hall–Kier alpha value is -0.0400. The summed E-state index contributed by atoms with van der Waals surface area (Å²) >= 11 is 0. The minimum atomic E-state index is 0.0298. The first-order chi connectivity index (χ1) is 3.31. The van der Waals surface area contributed by atoms with E-state index in [1.165, 1.54) is 0 Å². The second-order valence-corrected chi connectivity index (χ2v) is 1.77. The van der Waals surface area contributed by atoms with Gasteiger partial charge in [0, 0.05) is 0 Å². The van der Waals surface area contributed by atoms with Crippen molar-refractivity contribution in [3.8, 4) is 0 Å². The summed E-state index contributed by atoms with van der Waals surface area (Å²) in [4.78, 5) is 0. The topological polar surface area (TPSA) is 19.9 Å². The Balaban J connectivity index is 2.83. The first-order valence-corrected chi connectivity index (χ1v) is 2.72. The summed E-state index contributed by atoms with van der Waals surface area (Å²) in [6.07, 6.45) is 1.76. The number of hydrogen-bond donors (Lipinski definition) is 0. The molecule has 7 heavy (non-hydrogen) atoms. The van der Waals surface area contributed by atoms with Crippen LogP contribution in [0.2, 0.25) is 0 Å². The predicted molar refractivity (Wildman–Crippen MR) is 29.3 cm³/mol. The number of rotatable bonds is 3. The third-order valence-electron chi connectivity index (χ3n) is 1.10. The first kappa shape index (κ1) is 6.96. The largest absolute Gasteiger partial charge is 0.237 e. The third-order valence-corrected chi connectivity index (χ3v) is 1.10. The van der Waals surface area contributed by atoms with Crippen LogP contribution in [-0.2, 0) is 5.11 Å². The summed E-state index contributed by atoms with van der Waals surface area (Å²) in [7, 11) is 0. The average Bonchev–Trinajstić information content (AvgIpc) is 1.68. The van der Waals surface area contributed by atoms with Crippen LogP contribution in [0.3, 0.4) is 0 Å². The molecule has 1 unspecified atom stereocenters. The molecule has 0 amide bonds. The Morgan fingerprint density at radius 3 is 2.43 bits per heavy atom. The molecule has 0 aliphatic heterocycles. The lowest BCUT2D eigenvalue weighted by atomic mass is 10.1. The van der Waals surface area contributed by atoms with E-state index in [9.17, 15) is 5.11 Å². The molecule has 0 spiro atoms. The molecule has 2 radical (unpaired) electrons. The van der Waals surface area contributed by atoms with Crippen molar-refractivity contribution >= 4 is 0 Å². The van der Waals surface area contributed by atoms with Crippen molar-refractivity contribution in [2.45, 2.75) is 19.8 Å². The molecule has 0 aromatic rings. The molecule has 0 aromatic carbocycles. The van der Waals surface area contributed by atoms with Gasteiger partial charge in [0.05, 0.1) is 6.61 Å². The van der Waals surface area contributed by atoms with Gasteiger partial charge in [-0.15, -0.1) is 0 Å². The van der Waals surface area contributed by atoms with Gasteiger partial charge in [0.1, 0.15) is 0 Å². The molecular weight excluding hydrogens is 88.1 g/mol. The molecule has 0 aliphatic rings. The molecule has 0 fully saturated rings. The molecule has 0 rings (SSSR count). The van der Waals surface area contributed by atoms with Crippen LogP contribution in [-0.4, -0.2) is 6.61 Å². The molecular formula is C6H12O. The molecule has 1 atom stereocenters. The highest BCUT2D eigenvalue weighted by Crippen LogP contribution is 2.03. The lowest BCUT2D eigenvalue weighted by Crippen LogP contribution is -1.93. The molecule has 0 aliphatic carbocycles. The van der Waals surface area contributed by atoms with Gasteiger partial charge in [-0.05, 0) is 12.3 Å². The van der Waals surface area contributed by atoms with Gasteiger partial charge >= 0.3 is 0 Å². The van der Waals surface area contributed by atoms with Crippen molar-refractivity contribution in [3.63, 3.8) is 0 Å². The summed E-state index contributed by atoms with van der Waals surface area (Å²) in [6, 6.07) is 0. The third kappa shape index (κ3) is 3.80. The molecule has 0 N–H and O–H groups in total. The van der Waals surface area contributed by atoms with E-state index >= 15 is 0 Å². The molecule has 1 heteroatoms. The Kier molecular flexibility index (Phi) is 4.10. The van der Waals surface area contributed by atoms with E-state index in [0.717, 1.165) is 12.8 Å². The maximum absolute atomic E-state index is 9.86. The van der Waals surface area contributed by atoms with Crippen LogP contribution in [0.15, 0.2) is 0 Å². The Labute approximate surface area is 45.4 Å². The van der Waals surface area contributed by atoms with Crippen LogP contribution >= 0.6 is 0 Å². The van der Waals surface area contributed by atoms with Crippen LogP contribution < -0.4 is 0 Å². The van der Waals surface area contributed by atoms with E-state index in [1.54, 1.807) is 0 Å². The van der Waals surface area contributed by atoms with Gasteiger partial charge < -0.3 is 0 Å². The van der Waals surface area contributed by atoms with Gasteiger partial charge in [0.25, 0.3) is 0 Å². The van der Waals surface area contributed by atoms with Crippen molar-refractivity contribution in [1.82, 2.24) is 0 Å². The zero-order chi connectivity index (χ0) is 5.70. The summed E-state index contributed by atoms with van der Waals surface area (Å²) in [5, 5.41) is 9.86. The van der Waals surface area contributed by atoms with Gasteiger partial charge in [-0.25, -0.2) is 5.11 Å². The van der Waals surface area contributed by atoms with Gasteiger partial charge in [0.2, 0.25) is 0 Å². The quantitative estimate of drug-likeness (QED) is 0.514. The minimum Gasteiger partial charge on any atom is -0.237 e. The van der Waals surface area contributed by atoms with Crippen LogP contribution in [0.25, 0.3) is 0 Å². The second-order valence-electron chi connectivity index (χ2n) is 1.77. The smallest absolute Gasteiger partial charge is 0.0825 e. The molecule has 0 bridgehead atoms. The van der Waals surface area contributed by atoms with Crippen molar-refractivity contribution in [3.05, 3.63) is 6.92 Å². The summed E-state index contributed by atoms with van der Waals surface area (Å²) < 4.78 is 0. The van der Waals surface area contributed by atoms with Gasteiger partial charge in [-0.2, -0.15) is 0 Å². The number of hydrogen-bond acceptors (Lipinski definition) is 0. The standard InChI is InChI=1S/C6H12O/c1-3-6(2)4-5-7/h6H,2-5H2,1H3. The SMILES string of the molecule is [CH2]C(CC)CC[O].